The van der Waals surface area contributed by atoms with Crippen molar-refractivity contribution in [2.45, 2.75) is 91.7 Å². The second-order valence-electron chi connectivity index (χ2n) is 9.17. The molecule has 3 fully saturated rings. The van der Waals surface area contributed by atoms with Gasteiger partial charge in [0.25, 0.3) is 0 Å². The van der Waals surface area contributed by atoms with E-state index in [4.69, 9.17) is 4.74 Å². The Hall–Kier alpha value is -0.160. The minimum absolute atomic E-state index is 0.197. The maximum absolute atomic E-state index is 6.37. The summed E-state index contributed by atoms with van der Waals surface area (Å²) in [5.74, 6) is 0.900. The highest BCUT2D eigenvalue weighted by molar-refractivity contribution is 4.90. The summed E-state index contributed by atoms with van der Waals surface area (Å²) in [6.45, 7) is 22.5. The van der Waals surface area contributed by atoms with Gasteiger partial charge in [0, 0.05) is 38.8 Å². The summed E-state index contributed by atoms with van der Waals surface area (Å²) in [4.78, 5) is 7.78. The second-order valence-corrected chi connectivity index (χ2v) is 9.17. The first-order valence-corrected chi connectivity index (χ1v) is 12.3. The van der Waals surface area contributed by atoms with Gasteiger partial charge in [-0.1, -0.05) is 34.1 Å². The summed E-state index contributed by atoms with van der Waals surface area (Å²) < 4.78 is 6.37. The van der Waals surface area contributed by atoms with Gasteiger partial charge in [0.05, 0.1) is 12.2 Å². The highest BCUT2D eigenvalue weighted by atomic mass is 16.5. The molecule has 3 heterocycles. The summed E-state index contributed by atoms with van der Waals surface area (Å²) in [6, 6.07) is 0.715. The molecule has 4 nitrogen and oxygen atoms in total. The molecule has 1 spiro atoms. The van der Waals surface area contributed by atoms with Crippen LogP contribution in [-0.4, -0.2) is 85.8 Å². The molecule has 0 saturated carbocycles. The zero-order chi connectivity index (χ0) is 21.0. The Morgan fingerprint density at radius 2 is 1.43 bits per heavy atom. The summed E-state index contributed by atoms with van der Waals surface area (Å²) >= 11 is 0. The molecule has 0 radical (unpaired) electrons. The molecule has 3 saturated heterocycles. The van der Waals surface area contributed by atoms with Gasteiger partial charge >= 0.3 is 0 Å². The second kappa shape index (κ2) is 14.0. The van der Waals surface area contributed by atoms with E-state index in [-0.39, 0.29) is 5.60 Å². The van der Waals surface area contributed by atoms with Gasteiger partial charge in [-0.25, -0.2) is 0 Å². The van der Waals surface area contributed by atoms with Crippen LogP contribution in [0.4, 0.5) is 0 Å². The topological polar surface area (TPSA) is 19.0 Å². The van der Waals surface area contributed by atoms with Gasteiger partial charge in [-0.2, -0.15) is 0 Å². The van der Waals surface area contributed by atoms with E-state index in [1.165, 1.54) is 77.8 Å². The van der Waals surface area contributed by atoms with Gasteiger partial charge in [0.15, 0.2) is 0 Å². The van der Waals surface area contributed by atoms with Crippen molar-refractivity contribution in [2.24, 2.45) is 5.92 Å². The van der Waals surface area contributed by atoms with Crippen molar-refractivity contribution < 1.29 is 4.74 Å². The van der Waals surface area contributed by atoms with Crippen molar-refractivity contribution in [3.63, 3.8) is 0 Å². The Morgan fingerprint density at radius 3 is 1.96 bits per heavy atom. The Kier molecular flexibility index (Phi) is 12.9. The average molecular weight is 398 g/mol. The summed E-state index contributed by atoms with van der Waals surface area (Å²) in [5, 5.41) is 0. The fraction of sp³-hybridized carbons (Fsp3) is 1.00. The van der Waals surface area contributed by atoms with Crippen LogP contribution in [-0.2, 0) is 4.74 Å². The number of hydrogen-bond donors (Lipinski definition) is 0. The molecule has 0 aromatic rings. The molecule has 3 aliphatic heterocycles. The lowest BCUT2D eigenvalue weighted by Crippen LogP contribution is -2.45. The van der Waals surface area contributed by atoms with Crippen molar-refractivity contribution in [1.82, 2.24) is 14.7 Å². The minimum Gasteiger partial charge on any atom is -0.374 e. The van der Waals surface area contributed by atoms with Crippen LogP contribution in [0.5, 0.6) is 0 Å². The molecule has 3 rings (SSSR count). The highest BCUT2D eigenvalue weighted by Gasteiger charge is 2.36. The lowest BCUT2D eigenvalue weighted by molar-refractivity contribution is -0.0746. The minimum atomic E-state index is 0.197. The fourth-order valence-corrected chi connectivity index (χ4v) is 4.56. The van der Waals surface area contributed by atoms with Gasteiger partial charge < -0.3 is 19.4 Å². The Bertz CT molecular complexity index is 372. The lowest BCUT2D eigenvalue weighted by Gasteiger charge is -2.40. The van der Waals surface area contributed by atoms with Gasteiger partial charge in [0.2, 0.25) is 0 Å². The molecule has 0 unspecified atom stereocenters. The first-order chi connectivity index (χ1) is 13.5. The first kappa shape index (κ1) is 25.9. The summed E-state index contributed by atoms with van der Waals surface area (Å²) in [7, 11) is 2.24. The molecule has 0 aromatic heterocycles. The predicted molar refractivity (Wildman–Crippen MR) is 123 cm³/mol. The monoisotopic (exact) mass is 397 g/mol. The van der Waals surface area contributed by atoms with Crippen molar-refractivity contribution in [3.8, 4) is 0 Å². The first-order valence-electron chi connectivity index (χ1n) is 12.3. The van der Waals surface area contributed by atoms with Crippen LogP contribution in [0.15, 0.2) is 0 Å². The third kappa shape index (κ3) is 8.69. The zero-order valence-electron chi connectivity index (χ0n) is 20.3. The number of piperidine rings is 2. The van der Waals surface area contributed by atoms with E-state index in [0.717, 1.165) is 19.1 Å². The number of rotatable bonds is 3. The molecule has 0 aliphatic carbocycles. The molecule has 3 aliphatic rings. The van der Waals surface area contributed by atoms with Crippen LogP contribution in [0.1, 0.15) is 80.1 Å². The van der Waals surface area contributed by atoms with Gasteiger partial charge in [-0.3, -0.25) is 0 Å². The molecule has 168 valence electrons. The molecule has 0 aromatic carbocycles. The SMILES string of the molecule is CC.CC(C)N1CCC(CN2CCOC3(CCN(C)CC3)CC2)CC1.CCC. The van der Waals surface area contributed by atoms with Crippen LogP contribution >= 0.6 is 0 Å². The van der Waals surface area contributed by atoms with Crippen molar-refractivity contribution in [1.29, 1.82) is 0 Å². The molecular formula is C24H51N3O. The number of likely N-dealkylation sites (tertiary alicyclic amines) is 2. The number of nitrogens with zero attached hydrogens (tertiary/aromatic N) is 3. The van der Waals surface area contributed by atoms with Crippen LogP contribution in [0.25, 0.3) is 0 Å². The van der Waals surface area contributed by atoms with Crippen LogP contribution < -0.4 is 0 Å². The molecule has 0 atom stereocenters. The fourth-order valence-electron chi connectivity index (χ4n) is 4.56. The number of hydrogen-bond acceptors (Lipinski definition) is 4. The van der Waals surface area contributed by atoms with E-state index in [1.54, 1.807) is 0 Å². The lowest BCUT2D eigenvalue weighted by atomic mass is 9.88. The quantitative estimate of drug-likeness (QED) is 0.685. The van der Waals surface area contributed by atoms with E-state index in [2.05, 4.69) is 49.4 Å². The van der Waals surface area contributed by atoms with Gasteiger partial charge in [0.1, 0.15) is 0 Å². The number of ether oxygens (including phenoxy) is 1. The third-order valence-electron chi connectivity index (χ3n) is 6.49. The van der Waals surface area contributed by atoms with E-state index in [1.807, 2.05) is 13.8 Å². The summed E-state index contributed by atoms with van der Waals surface area (Å²) in [6.07, 6.45) is 7.71. The standard InChI is InChI=1S/C19H37N3O.C3H8.C2H6/c1-17(2)22-9-4-18(5-10-22)16-21-13-8-19(23-15-14-21)6-11-20(3)12-7-19;1-3-2;1-2/h17-18H,4-16H2,1-3H3;3H2,1-2H3;1-2H3. The van der Waals surface area contributed by atoms with Gasteiger partial charge in [-0.05, 0) is 72.0 Å². The van der Waals surface area contributed by atoms with E-state index < -0.39 is 0 Å². The van der Waals surface area contributed by atoms with Crippen LogP contribution in [0, 0.1) is 5.92 Å². The van der Waals surface area contributed by atoms with Gasteiger partial charge in [-0.15, -0.1) is 0 Å². The highest BCUT2D eigenvalue weighted by Crippen LogP contribution is 2.32. The average Bonchev–Trinajstić information content (AvgIpc) is 2.90. The van der Waals surface area contributed by atoms with E-state index in [9.17, 15) is 0 Å². The van der Waals surface area contributed by atoms with E-state index >= 15 is 0 Å². The van der Waals surface area contributed by atoms with Crippen molar-refractivity contribution >= 4 is 0 Å². The maximum Gasteiger partial charge on any atom is 0.0719 e. The molecular weight excluding hydrogens is 346 g/mol. The third-order valence-corrected chi connectivity index (χ3v) is 6.49. The maximum atomic E-state index is 6.37. The van der Waals surface area contributed by atoms with Crippen molar-refractivity contribution in [2.75, 3.05) is 59.5 Å². The smallest absolute Gasteiger partial charge is 0.0719 e. The summed E-state index contributed by atoms with van der Waals surface area (Å²) in [5.41, 5.74) is 0.197. The zero-order valence-corrected chi connectivity index (χ0v) is 20.3. The molecule has 0 bridgehead atoms. The molecule has 28 heavy (non-hydrogen) atoms. The Balaban J connectivity index is 0.000000717. The Morgan fingerprint density at radius 1 is 0.893 bits per heavy atom. The predicted octanol–water partition coefficient (Wildman–Crippen LogP) is 4.74. The normalized spacial score (nSPS) is 24.9. The molecule has 4 heteroatoms. The van der Waals surface area contributed by atoms with Crippen LogP contribution in [0.3, 0.4) is 0 Å². The molecule has 0 amide bonds. The Labute approximate surface area is 177 Å². The van der Waals surface area contributed by atoms with Crippen molar-refractivity contribution in [3.05, 3.63) is 0 Å². The largest absolute Gasteiger partial charge is 0.374 e. The molecule has 0 N–H and O–H groups in total. The van der Waals surface area contributed by atoms with Crippen LogP contribution in [0.2, 0.25) is 0 Å². The van der Waals surface area contributed by atoms with E-state index in [0.29, 0.717) is 6.04 Å².